The average Bonchev–Trinajstić information content (AvgIpc) is 2.66. The predicted molar refractivity (Wildman–Crippen MR) is 54.9 cm³/mol. The number of carboxylic acids is 1. The molecule has 2 rings (SSSR count). The Morgan fingerprint density at radius 2 is 2.25 bits per heavy atom. The zero-order valence-corrected chi connectivity index (χ0v) is 8.91. The van der Waals surface area contributed by atoms with Crippen molar-refractivity contribution in [1.29, 1.82) is 0 Å². The van der Waals surface area contributed by atoms with E-state index in [9.17, 15) is 9.90 Å². The molecule has 2 unspecified atom stereocenters. The summed E-state index contributed by atoms with van der Waals surface area (Å²) in [5, 5.41) is 26.1. The first-order valence-electron chi connectivity index (χ1n) is 5.47. The number of aliphatic carboxylic acids is 1. The SMILES string of the molecule is O=C(O)Cc1cn(C2CCCCC2O)nn1. The fourth-order valence-electron chi connectivity index (χ4n) is 2.11. The van der Waals surface area contributed by atoms with Crippen LogP contribution < -0.4 is 0 Å². The third-order valence-corrected chi connectivity index (χ3v) is 2.92. The van der Waals surface area contributed by atoms with Gasteiger partial charge in [0.15, 0.2) is 0 Å². The van der Waals surface area contributed by atoms with Crippen LogP contribution in [-0.4, -0.2) is 37.3 Å². The van der Waals surface area contributed by atoms with Crippen molar-refractivity contribution in [2.75, 3.05) is 0 Å². The van der Waals surface area contributed by atoms with E-state index in [1.54, 1.807) is 10.9 Å². The molecule has 1 aliphatic carbocycles. The molecular weight excluding hydrogens is 210 g/mol. The van der Waals surface area contributed by atoms with E-state index in [1.165, 1.54) is 0 Å². The molecule has 6 heteroatoms. The minimum absolute atomic E-state index is 0.0520. The Hall–Kier alpha value is -1.43. The highest BCUT2D eigenvalue weighted by molar-refractivity contribution is 5.69. The second-order valence-electron chi connectivity index (χ2n) is 4.18. The molecule has 6 nitrogen and oxygen atoms in total. The Morgan fingerprint density at radius 1 is 1.50 bits per heavy atom. The molecule has 0 radical (unpaired) electrons. The number of aliphatic hydroxyl groups excluding tert-OH is 1. The fourth-order valence-corrected chi connectivity index (χ4v) is 2.11. The zero-order chi connectivity index (χ0) is 11.5. The number of nitrogens with zero attached hydrogens (tertiary/aromatic N) is 3. The largest absolute Gasteiger partial charge is 0.481 e. The first-order valence-corrected chi connectivity index (χ1v) is 5.47. The Balaban J connectivity index is 2.08. The summed E-state index contributed by atoms with van der Waals surface area (Å²) >= 11 is 0. The molecule has 2 atom stereocenters. The number of aliphatic hydroxyl groups is 1. The monoisotopic (exact) mass is 225 g/mol. The highest BCUT2D eigenvalue weighted by Crippen LogP contribution is 2.27. The van der Waals surface area contributed by atoms with Gasteiger partial charge in [-0.2, -0.15) is 0 Å². The van der Waals surface area contributed by atoms with E-state index in [2.05, 4.69) is 10.3 Å². The first-order chi connectivity index (χ1) is 7.66. The van der Waals surface area contributed by atoms with Crippen molar-refractivity contribution in [2.45, 2.75) is 44.2 Å². The molecule has 0 saturated heterocycles. The molecule has 1 aliphatic rings. The molecule has 1 fully saturated rings. The number of hydrogen-bond acceptors (Lipinski definition) is 4. The van der Waals surface area contributed by atoms with E-state index in [0.29, 0.717) is 5.69 Å². The van der Waals surface area contributed by atoms with Crippen LogP contribution in [-0.2, 0) is 11.2 Å². The van der Waals surface area contributed by atoms with E-state index < -0.39 is 12.1 Å². The molecule has 88 valence electrons. The van der Waals surface area contributed by atoms with Gasteiger partial charge in [-0.15, -0.1) is 5.10 Å². The molecule has 2 N–H and O–H groups in total. The van der Waals surface area contributed by atoms with Crippen molar-refractivity contribution >= 4 is 5.97 Å². The van der Waals surface area contributed by atoms with Gasteiger partial charge < -0.3 is 10.2 Å². The van der Waals surface area contributed by atoms with Crippen LogP contribution in [0.5, 0.6) is 0 Å². The summed E-state index contributed by atoms with van der Waals surface area (Å²) in [5.41, 5.74) is 0.435. The smallest absolute Gasteiger partial charge is 0.309 e. The third kappa shape index (κ3) is 2.38. The van der Waals surface area contributed by atoms with Crippen LogP contribution in [0.15, 0.2) is 6.20 Å². The van der Waals surface area contributed by atoms with E-state index in [4.69, 9.17) is 5.11 Å². The fraction of sp³-hybridized carbons (Fsp3) is 0.700. The number of carbonyl (C=O) groups is 1. The lowest BCUT2D eigenvalue weighted by atomic mass is 9.93. The molecule has 0 aromatic carbocycles. The third-order valence-electron chi connectivity index (χ3n) is 2.92. The predicted octanol–water partition coefficient (Wildman–Crippen LogP) is 0.381. The molecule has 0 amide bonds. The zero-order valence-electron chi connectivity index (χ0n) is 8.91. The molecule has 0 aliphatic heterocycles. The molecule has 1 aromatic heterocycles. The van der Waals surface area contributed by atoms with E-state index in [-0.39, 0.29) is 12.5 Å². The summed E-state index contributed by atoms with van der Waals surface area (Å²) in [6.45, 7) is 0. The van der Waals surface area contributed by atoms with Gasteiger partial charge in [0.2, 0.25) is 0 Å². The normalized spacial score (nSPS) is 25.6. The van der Waals surface area contributed by atoms with Crippen molar-refractivity contribution in [3.05, 3.63) is 11.9 Å². The first kappa shape index (κ1) is 11.1. The van der Waals surface area contributed by atoms with Crippen molar-refractivity contribution in [3.63, 3.8) is 0 Å². The molecule has 0 bridgehead atoms. The number of aromatic nitrogens is 3. The van der Waals surface area contributed by atoms with Gasteiger partial charge in [0.05, 0.1) is 24.3 Å². The topological polar surface area (TPSA) is 88.2 Å². The van der Waals surface area contributed by atoms with Crippen LogP contribution in [0.1, 0.15) is 37.4 Å². The minimum Gasteiger partial charge on any atom is -0.481 e. The van der Waals surface area contributed by atoms with Gasteiger partial charge in [-0.05, 0) is 12.8 Å². The molecule has 0 spiro atoms. The molecule has 16 heavy (non-hydrogen) atoms. The maximum atomic E-state index is 10.5. The average molecular weight is 225 g/mol. The highest BCUT2D eigenvalue weighted by atomic mass is 16.4. The summed E-state index contributed by atoms with van der Waals surface area (Å²) < 4.78 is 1.60. The van der Waals surface area contributed by atoms with Crippen molar-refractivity contribution in [1.82, 2.24) is 15.0 Å². The van der Waals surface area contributed by atoms with Crippen LogP contribution >= 0.6 is 0 Å². The maximum absolute atomic E-state index is 10.5. The Morgan fingerprint density at radius 3 is 2.94 bits per heavy atom. The summed E-state index contributed by atoms with van der Waals surface area (Å²) in [4.78, 5) is 10.5. The molecule has 1 heterocycles. The Kier molecular flexibility index (Phi) is 3.19. The van der Waals surface area contributed by atoms with E-state index in [0.717, 1.165) is 25.7 Å². The van der Waals surface area contributed by atoms with Crippen LogP contribution in [0.25, 0.3) is 0 Å². The minimum atomic E-state index is -0.920. The summed E-state index contributed by atoms with van der Waals surface area (Å²) in [6, 6.07) is -0.0520. The van der Waals surface area contributed by atoms with Crippen LogP contribution in [0, 0.1) is 0 Å². The lowest BCUT2D eigenvalue weighted by Gasteiger charge is -2.27. The van der Waals surface area contributed by atoms with Gasteiger partial charge >= 0.3 is 5.97 Å². The highest BCUT2D eigenvalue weighted by Gasteiger charge is 2.25. The summed E-state index contributed by atoms with van der Waals surface area (Å²) in [5.74, 6) is -0.920. The molecule has 1 saturated carbocycles. The quantitative estimate of drug-likeness (QED) is 0.776. The number of rotatable bonds is 3. The van der Waals surface area contributed by atoms with Crippen LogP contribution in [0.2, 0.25) is 0 Å². The van der Waals surface area contributed by atoms with Gasteiger partial charge in [-0.25, -0.2) is 4.68 Å². The summed E-state index contributed by atoms with van der Waals surface area (Å²) in [7, 11) is 0. The standard InChI is InChI=1S/C10H15N3O3/c14-9-4-2-1-3-8(9)13-6-7(11-12-13)5-10(15)16/h6,8-9,14H,1-5H2,(H,15,16). The van der Waals surface area contributed by atoms with Crippen molar-refractivity contribution < 1.29 is 15.0 Å². The van der Waals surface area contributed by atoms with Crippen LogP contribution in [0.3, 0.4) is 0 Å². The maximum Gasteiger partial charge on any atom is 0.309 e. The van der Waals surface area contributed by atoms with Gasteiger partial charge in [-0.3, -0.25) is 4.79 Å². The van der Waals surface area contributed by atoms with Crippen molar-refractivity contribution in [3.8, 4) is 0 Å². The summed E-state index contributed by atoms with van der Waals surface area (Å²) in [6.07, 6.45) is 4.85. The molecular formula is C10H15N3O3. The van der Waals surface area contributed by atoms with Gasteiger partial charge in [0.1, 0.15) is 0 Å². The second-order valence-corrected chi connectivity index (χ2v) is 4.18. The van der Waals surface area contributed by atoms with Crippen LogP contribution in [0.4, 0.5) is 0 Å². The van der Waals surface area contributed by atoms with Gasteiger partial charge in [0, 0.05) is 6.20 Å². The van der Waals surface area contributed by atoms with Crippen molar-refractivity contribution in [2.24, 2.45) is 0 Å². The van der Waals surface area contributed by atoms with Gasteiger partial charge in [0.25, 0.3) is 0 Å². The second kappa shape index (κ2) is 4.61. The van der Waals surface area contributed by atoms with E-state index >= 15 is 0 Å². The Labute approximate surface area is 92.9 Å². The number of hydrogen-bond donors (Lipinski definition) is 2. The Bertz CT molecular complexity index is 377. The molecule has 1 aromatic rings. The van der Waals surface area contributed by atoms with E-state index in [1.807, 2.05) is 0 Å². The lowest BCUT2D eigenvalue weighted by molar-refractivity contribution is -0.136. The lowest BCUT2D eigenvalue weighted by Crippen LogP contribution is -2.27. The van der Waals surface area contributed by atoms with Gasteiger partial charge in [-0.1, -0.05) is 18.1 Å². The number of carboxylic acid groups (broad SMARTS) is 1.